The van der Waals surface area contributed by atoms with Crippen LogP contribution in [-0.4, -0.2) is 77.1 Å². The van der Waals surface area contributed by atoms with Gasteiger partial charge in [0.15, 0.2) is 24.8 Å². The predicted octanol–water partition coefficient (Wildman–Crippen LogP) is 0.183. The predicted molar refractivity (Wildman–Crippen MR) is 196 cm³/mol. The highest BCUT2D eigenvalue weighted by atomic mass is 16.2. The molecule has 1 aliphatic carbocycles. The average Bonchev–Trinajstić information content (AvgIpc) is 3.61. The zero-order valence-corrected chi connectivity index (χ0v) is 31.8. The maximum Gasteiger partial charge on any atom is 0.245 e. The van der Waals surface area contributed by atoms with Gasteiger partial charge in [-0.15, -0.1) is 0 Å². The standard InChI is InChI=1S/C39H56N8O6/c1-25(2)21-32(39(53)47-18-10-14-33(47)35(40)49)43-36(50)31(23-28-11-9-17-46(5)24-28)42-38(52)34(29-12-7-6-8-13-29)44-37(51)30(41-26(3)48)22-27-15-19-45(4)20-16-27/h9,11,15-17,19-20,24-25,29-34H,6-8,10,12-14,18,21-23H2,1-5H3,(H4-2,40,41,42,43,44,48,49,50,51,52)/p+2/t30-,31-,32-,33-,34-/m0/s1. The van der Waals surface area contributed by atoms with Crippen molar-refractivity contribution in [1.29, 1.82) is 0 Å². The Morgan fingerprint density at radius 3 is 2.00 bits per heavy atom. The number of nitrogens with one attached hydrogen (secondary N) is 4. The lowest BCUT2D eigenvalue weighted by Crippen LogP contribution is -2.61. The molecule has 6 amide bonds. The number of aryl methyl sites for hydroxylation is 2. The molecule has 0 aromatic carbocycles. The van der Waals surface area contributed by atoms with E-state index >= 15 is 0 Å². The highest BCUT2D eigenvalue weighted by Gasteiger charge is 2.39. The van der Waals surface area contributed by atoms with E-state index in [1.807, 2.05) is 86.1 Å². The van der Waals surface area contributed by atoms with E-state index in [1.165, 1.54) is 11.8 Å². The number of nitrogens with zero attached hydrogens (tertiary/aromatic N) is 3. The van der Waals surface area contributed by atoms with Gasteiger partial charge in [-0.25, -0.2) is 9.13 Å². The van der Waals surface area contributed by atoms with Crippen LogP contribution in [0.3, 0.4) is 0 Å². The normalized spacial score (nSPS) is 18.4. The molecule has 0 radical (unpaired) electrons. The van der Waals surface area contributed by atoms with E-state index in [0.717, 1.165) is 30.4 Å². The van der Waals surface area contributed by atoms with Crippen molar-refractivity contribution in [2.45, 2.75) is 115 Å². The van der Waals surface area contributed by atoms with Gasteiger partial charge in [0.1, 0.15) is 44.3 Å². The molecule has 0 bridgehead atoms. The maximum atomic E-state index is 14.4. The summed E-state index contributed by atoms with van der Waals surface area (Å²) in [7, 11) is 3.74. The summed E-state index contributed by atoms with van der Waals surface area (Å²) in [5.74, 6) is -3.06. The second kappa shape index (κ2) is 19.3. The third-order valence-electron chi connectivity index (χ3n) is 10.1. The molecule has 0 spiro atoms. The minimum Gasteiger partial charge on any atom is -0.368 e. The number of likely N-dealkylation sites (tertiary alicyclic amines) is 1. The summed E-state index contributed by atoms with van der Waals surface area (Å²) in [5.41, 5.74) is 7.23. The molecule has 2 aromatic heterocycles. The molecule has 3 heterocycles. The number of primary amides is 1. The molecule has 1 saturated carbocycles. The molecule has 2 aromatic rings. The van der Waals surface area contributed by atoms with Crippen molar-refractivity contribution in [3.05, 3.63) is 60.2 Å². The summed E-state index contributed by atoms with van der Waals surface area (Å²) < 4.78 is 3.71. The van der Waals surface area contributed by atoms with Gasteiger partial charge in [0, 0.05) is 50.1 Å². The Morgan fingerprint density at radius 1 is 0.755 bits per heavy atom. The fourth-order valence-electron chi connectivity index (χ4n) is 7.45. The van der Waals surface area contributed by atoms with Gasteiger partial charge in [-0.1, -0.05) is 33.1 Å². The van der Waals surface area contributed by atoms with Crippen molar-refractivity contribution in [2.24, 2.45) is 31.7 Å². The zero-order valence-electron chi connectivity index (χ0n) is 31.8. The SMILES string of the molecule is CC(=O)N[C@@H](Cc1cc[n+](C)cc1)C(=O)N[C@H](C(=O)N[C@@H](Cc1ccc[n+](C)c1)C(=O)N[C@@H](CC(C)C)C(=O)N1CCC[C@H]1C(N)=O)C1CCCCC1. The molecule has 14 nitrogen and oxygen atoms in total. The lowest BCUT2D eigenvalue weighted by atomic mass is 9.83. The fraction of sp³-hybridized carbons (Fsp3) is 0.590. The second-order valence-corrected chi connectivity index (χ2v) is 15.1. The van der Waals surface area contributed by atoms with Crippen molar-refractivity contribution in [1.82, 2.24) is 26.2 Å². The molecule has 1 saturated heterocycles. The fourth-order valence-corrected chi connectivity index (χ4v) is 7.45. The average molecular weight is 735 g/mol. The number of carbonyl (C=O) groups excluding carboxylic acids is 6. The molecule has 0 unspecified atom stereocenters. The number of rotatable bonds is 16. The number of pyridine rings is 2. The van der Waals surface area contributed by atoms with E-state index in [-0.39, 0.29) is 36.5 Å². The van der Waals surface area contributed by atoms with E-state index in [0.29, 0.717) is 38.6 Å². The largest absolute Gasteiger partial charge is 0.368 e. The number of carbonyl (C=O) groups is 6. The number of hydrogen-bond acceptors (Lipinski definition) is 6. The Hall–Kier alpha value is -4.88. The molecular formula is C39H58N8O6+2. The first-order valence-corrected chi connectivity index (χ1v) is 18.9. The monoisotopic (exact) mass is 734 g/mol. The van der Waals surface area contributed by atoms with Crippen molar-refractivity contribution < 1.29 is 37.9 Å². The Morgan fingerprint density at radius 2 is 1.38 bits per heavy atom. The first-order valence-electron chi connectivity index (χ1n) is 18.9. The summed E-state index contributed by atoms with van der Waals surface area (Å²) in [4.78, 5) is 82.2. The number of nitrogens with two attached hydrogens (primary N) is 1. The third kappa shape index (κ3) is 12.1. The number of amides is 6. The molecule has 1 aliphatic heterocycles. The number of aromatic nitrogens is 2. The minimum atomic E-state index is -1.10. The molecule has 2 aliphatic rings. The van der Waals surface area contributed by atoms with E-state index in [4.69, 9.17) is 5.73 Å². The smallest absolute Gasteiger partial charge is 0.245 e. The Kier molecular flexibility index (Phi) is 14.9. The van der Waals surface area contributed by atoms with Gasteiger partial charge in [0.25, 0.3) is 0 Å². The van der Waals surface area contributed by atoms with E-state index < -0.39 is 53.8 Å². The third-order valence-corrected chi connectivity index (χ3v) is 10.1. The van der Waals surface area contributed by atoms with Crippen LogP contribution >= 0.6 is 0 Å². The Bertz CT molecular complexity index is 1610. The highest BCUT2D eigenvalue weighted by Crippen LogP contribution is 2.27. The minimum absolute atomic E-state index is 0.0289. The van der Waals surface area contributed by atoms with Gasteiger partial charge in [-0.05, 0) is 55.6 Å². The molecule has 5 atom stereocenters. The molecule has 53 heavy (non-hydrogen) atoms. The van der Waals surface area contributed by atoms with Crippen LogP contribution in [0.25, 0.3) is 0 Å². The molecule has 6 N–H and O–H groups in total. The van der Waals surface area contributed by atoms with Crippen LogP contribution in [0.2, 0.25) is 0 Å². The Balaban J connectivity index is 1.61. The molecule has 14 heteroatoms. The topological polar surface area (TPSA) is 188 Å². The van der Waals surface area contributed by atoms with Gasteiger partial charge >= 0.3 is 0 Å². The summed E-state index contributed by atoms with van der Waals surface area (Å²) in [6.07, 6.45) is 13.4. The van der Waals surface area contributed by atoms with Crippen LogP contribution in [0.15, 0.2) is 49.1 Å². The molecular weight excluding hydrogens is 676 g/mol. The maximum absolute atomic E-state index is 14.4. The van der Waals surface area contributed by atoms with Gasteiger partial charge in [0.2, 0.25) is 35.4 Å². The zero-order chi connectivity index (χ0) is 38.7. The Labute approximate surface area is 312 Å². The number of hydrogen-bond donors (Lipinski definition) is 5. The highest BCUT2D eigenvalue weighted by molar-refractivity contribution is 5.96. The van der Waals surface area contributed by atoms with E-state index in [2.05, 4.69) is 21.3 Å². The summed E-state index contributed by atoms with van der Waals surface area (Å²) in [6.45, 7) is 5.59. The summed E-state index contributed by atoms with van der Waals surface area (Å²) in [5, 5.41) is 11.6. The van der Waals surface area contributed by atoms with Crippen LogP contribution in [0.4, 0.5) is 0 Å². The van der Waals surface area contributed by atoms with Crippen LogP contribution < -0.4 is 36.1 Å². The van der Waals surface area contributed by atoms with Crippen molar-refractivity contribution in [2.75, 3.05) is 6.54 Å². The van der Waals surface area contributed by atoms with Crippen LogP contribution in [0, 0.1) is 11.8 Å². The van der Waals surface area contributed by atoms with E-state index in [9.17, 15) is 28.8 Å². The first-order chi connectivity index (χ1) is 25.2. The van der Waals surface area contributed by atoms with Gasteiger partial charge in [-0.3, -0.25) is 28.8 Å². The molecule has 2 fully saturated rings. The van der Waals surface area contributed by atoms with Crippen molar-refractivity contribution in [3.63, 3.8) is 0 Å². The van der Waals surface area contributed by atoms with Crippen LogP contribution in [0.1, 0.15) is 83.3 Å². The lowest BCUT2D eigenvalue weighted by Gasteiger charge is -2.33. The molecule has 4 rings (SSSR count). The van der Waals surface area contributed by atoms with E-state index in [1.54, 1.807) is 0 Å². The lowest BCUT2D eigenvalue weighted by molar-refractivity contribution is -0.671. The van der Waals surface area contributed by atoms with Crippen LogP contribution in [0.5, 0.6) is 0 Å². The molecule has 288 valence electrons. The van der Waals surface area contributed by atoms with Gasteiger partial charge < -0.3 is 31.9 Å². The van der Waals surface area contributed by atoms with Crippen molar-refractivity contribution in [3.8, 4) is 0 Å². The van der Waals surface area contributed by atoms with Gasteiger partial charge in [0.05, 0.1) is 0 Å². The van der Waals surface area contributed by atoms with Gasteiger partial charge in [-0.2, -0.15) is 0 Å². The quantitative estimate of drug-likeness (QED) is 0.153. The van der Waals surface area contributed by atoms with Crippen LogP contribution in [-0.2, 0) is 55.7 Å². The summed E-state index contributed by atoms with van der Waals surface area (Å²) in [6, 6.07) is 2.76. The second-order valence-electron chi connectivity index (χ2n) is 15.1. The first kappa shape index (κ1) is 40.9. The van der Waals surface area contributed by atoms with Crippen molar-refractivity contribution >= 4 is 35.4 Å². The summed E-state index contributed by atoms with van der Waals surface area (Å²) >= 11 is 0.